The van der Waals surface area contributed by atoms with Gasteiger partial charge in [0.2, 0.25) is 10.0 Å². The Morgan fingerprint density at radius 1 is 1.20 bits per heavy atom. The van der Waals surface area contributed by atoms with Gasteiger partial charge >= 0.3 is 0 Å². The molecule has 0 radical (unpaired) electrons. The lowest BCUT2D eigenvalue weighted by Gasteiger charge is -2.20. The van der Waals surface area contributed by atoms with Crippen molar-refractivity contribution in [1.82, 2.24) is 0 Å². The van der Waals surface area contributed by atoms with Crippen molar-refractivity contribution < 1.29 is 22.3 Å². The highest BCUT2D eigenvalue weighted by Crippen LogP contribution is 2.34. The number of carbonyl (C=O) groups is 1. The van der Waals surface area contributed by atoms with E-state index in [0.29, 0.717) is 11.4 Å². The lowest BCUT2D eigenvalue weighted by molar-refractivity contribution is -0.122. The van der Waals surface area contributed by atoms with E-state index in [1.165, 1.54) is 22.5 Å². The number of carbonyl (C=O) groups excluding carboxylic acids is 1. The Kier molecular flexibility index (Phi) is 4.63. The number of amides is 1. The van der Waals surface area contributed by atoms with Crippen LogP contribution in [-0.4, -0.2) is 33.2 Å². The number of fused-ring (bicyclic) bond motifs is 1. The van der Waals surface area contributed by atoms with Gasteiger partial charge in [0.15, 0.2) is 6.10 Å². The predicted octanol–water partition coefficient (Wildman–Crippen LogP) is 2.38. The van der Waals surface area contributed by atoms with E-state index in [0.717, 1.165) is 6.26 Å². The third kappa shape index (κ3) is 3.74. The van der Waals surface area contributed by atoms with Gasteiger partial charge in [-0.1, -0.05) is 24.3 Å². The van der Waals surface area contributed by atoms with Crippen molar-refractivity contribution in [1.29, 1.82) is 0 Å². The first-order valence-corrected chi connectivity index (χ1v) is 9.50. The van der Waals surface area contributed by atoms with E-state index in [4.69, 9.17) is 4.74 Å². The standard InChI is InChI=1S/C17H17FN2O4S/c1-25(22,23)20-11-10-16(24-15-9-5-4-8-14(15)20)17(21)19-13-7-3-2-6-12(13)18/h2-9,16H,10-11H2,1H3,(H,19,21). The molecule has 8 heteroatoms. The molecule has 0 aromatic heterocycles. The molecule has 1 N–H and O–H groups in total. The van der Waals surface area contributed by atoms with Gasteiger partial charge in [0.05, 0.1) is 17.6 Å². The molecule has 6 nitrogen and oxygen atoms in total. The monoisotopic (exact) mass is 364 g/mol. The van der Waals surface area contributed by atoms with E-state index in [-0.39, 0.29) is 18.7 Å². The second kappa shape index (κ2) is 6.72. The summed E-state index contributed by atoms with van der Waals surface area (Å²) in [6, 6.07) is 12.4. The fourth-order valence-corrected chi connectivity index (χ4v) is 3.58. The Hall–Kier alpha value is -2.61. The van der Waals surface area contributed by atoms with Crippen molar-refractivity contribution in [3.8, 4) is 5.75 Å². The molecule has 1 amide bonds. The van der Waals surface area contributed by atoms with Crippen LogP contribution >= 0.6 is 0 Å². The Morgan fingerprint density at radius 3 is 2.60 bits per heavy atom. The maximum absolute atomic E-state index is 13.7. The first kappa shape index (κ1) is 17.2. The summed E-state index contributed by atoms with van der Waals surface area (Å²) in [5, 5.41) is 2.49. The molecule has 3 rings (SSSR count). The number of hydrogen-bond acceptors (Lipinski definition) is 4. The van der Waals surface area contributed by atoms with E-state index < -0.39 is 27.9 Å². The molecule has 25 heavy (non-hydrogen) atoms. The lowest BCUT2D eigenvalue weighted by atomic mass is 10.2. The summed E-state index contributed by atoms with van der Waals surface area (Å²) in [5.41, 5.74) is 0.430. The highest BCUT2D eigenvalue weighted by Gasteiger charge is 2.31. The first-order valence-electron chi connectivity index (χ1n) is 7.65. The molecule has 1 heterocycles. The normalized spacial score (nSPS) is 17.2. The molecule has 1 aliphatic rings. The van der Waals surface area contributed by atoms with Gasteiger partial charge in [-0.3, -0.25) is 9.10 Å². The molecule has 1 atom stereocenters. The summed E-state index contributed by atoms with van der Waals surface area (Å²) in [4.78, 5) is 12.5. The van der Waals surface area contributed by atoms with Crippen molar-refractivity contribution in [3.05, 3.63) is 54.3 Å². The maximum atomic E-state index is 13.7. The summed E-state index contributed by atoms with van der Waals surface area (Å²) >= 11 is 0. The minimum Gasteiger partial charge on any atom is -0.478 e. The molecule has 0 spiro atoms. The average molecular weight is 364 g/mol. The van der Waals surface area contributed by atoms with Crippen LogP contribution in [0, 0.1) is 5.82 Å². The van der Waals surface area contributed by atoms with Gasteiger partial charge in [-0.05, 0) is 24.3 Å². The highest BCUT2D eigenvalue weighted by atomic mass is 32.2. The van der Waals surface area contributed by atoms with Crippen LogP contribution in [0.2, 0.25) is 0 Å². The number of benzene rings is 2. The molecule has 2 aromatic rings. The van der Waals surface area contributed by atoms with Crippen molar-refractivity contribution in [2.45, 2.75) is 12.5 Å². The van der Waals surface area contributed by atoms with Gasteiger partial charge < -0.3 is 10.1 Å². The third-order valence-corrected chi connectivity index (χ3v) is 5.00. The van der Waals surface area contributed by atoms with Crippen LogP contribution in [0.1, 0.15) is 6.42 Å². The highest BCUT2D eigenvalue weighted by molar-refractivity contribution is 7.92. The number of halogens is 1. The van der Waals surface area contributed by atoms with Gasteiger partial charge in [0, 0.05) is 13.0 Å². The number of para-hydroxylation sites is 3. The Bertz CT molecular complexity index is 901. The molecule has 0 saturated heterocycles. The minimum absolute atomic E-state index is 0.0496. The number of hydrogen-bond donors (Lipinski definition) is 1. The van der Waals surface area contributed by atoms with Crippen LogP contribution in [0.5, 0.6) is 5.75 Å². The second-order valence-corrected chi connectivity index (χ2v) is 7.57. The Labute approximate surface area is 145 Å². The number of ether oxygens (including phenoxy) is 1. The average Bonchev–Trinajstić information content (AvgIpc) is 2.76. The molecule has 0 saturated carbocycles. The number of anilines is 2. The van der Waals surface area contributed by atoms with E-state index in [9.17, 15) is 17.6 Å². The van der Waals surface area contributed by atoms with Crippen LogP contribution < -0.4 is 14.4 Å². The SMILES string of the molecule is CS(=O)(=O)N1CCC(C(=O)Nc2ccccc2F)Oc2ccccc21. The largest absolute Gasteiger partial charge is 0.478 e. The summed E-state index contributed by atoms with van der Waals surface area (Å²) < 4.78 is 44.7. The van der Waals surface area contributed by atoms with E-state index >= 15 is 0 Å². The fraction of sp³-hybridized carbons (Fsp3) is 0.235. The number of sulfonamides is 1. The Morgan fingerprint density at radius 2 is 1.88 bits per heavy atom. The summed E-state index contributed by atoms with van der Waals surface area (Å²) in [7, 11) is -3.52. The van der Waals surface area contributed by atoms with Crippen molar-refractivity contribution in [2.24, 2.45) is 0 Å². The summed E-state index contributed by atoms with van der Waals surface area (Å²) in [6.07, 6.45) is 0.304. The Balaban J connectivity index is 1.86. The molecule has 0 aliphatic carbocycles. The van der Waals surface area contributed by atoms with Gasteiger partial charge in [0.1, 0.15) is 11.6 Å². The van der Waals surface area contributed by atoms with Gasteiger partial charge in [-0.2, -0.15) is 0 Å². The smallest absolute Gasteiger partial charge is 0.265 e. The van der Waals surface area contributed by atoms with Gasteiger partial charge in [-0.15, -0.1) is 0 Å². The molecular weight excluding hydrogens is 347 g/mol. The van der Waals surface area contributed by atoms with E-state index in [2.05, 4.69) is 5.32 Å². The van der Waals surface area contributed by atoms with Crippen LogP contribution in [0.4, 0.5) is 15.8 Å². The molecule has 2 aromatic carbocycles. The van der Waals surface area contributed by atoms with Crippen LogP contribution in [0.3, 0.4) is 0 Å². The van der Waals surface area contributed by atoms with Crippen molar-refractivity contribution in [2.75, 3.05) is 22.4 Å². The number of nitrogens with zero attached hydrogens (tertiary/aromatic N) is 1. The van der Waals surface area contributed by atoms with Gasteiger partial charge in [0.25, 0.3) is 5.91 Å². The second-order valence-electron chi connectivity index (χ2n) is 5.67. The number of rotatable bonds is 3. The fourth-order valence-electron chi connectivity index (χ4n) is 2.63. The topological polar surface area (TPSA) is 75.7 Å². The van der Waals surface area contributed by atoms with Gasteiger partial charge in [-0.25, -0.2) is 12.8 Å². The molecular formula is C17H17FN2O4S. The lowest BCUT2D eigenvalue weighted by Crippen LogP contribution is -2.36. The minimum atomic E-state index is -3.52. The number of nitrogens with one attached hydrogen (secondary N) is 1. The quantitative estimate of drug-likeness (QED) is 0.907. The maximum Gasteiger partial charge on any atom is 0.265 e. The van der Waals surface area contributed by atoms with Crippen molar-refractivity contribution in [3.63, 3.8) is 0 Å². The zero-order chi connectivity index (χ0) is 18.0. The summed E-state index contributed by atoms with van der Waals surface area (Å²) in [6.45, 7) is 0.0885. The molecule has 1 unspecified atom stereocenters. The van der Waals surface area contributed by atoms with Crippen LogP contribution in [0.15, 0.2) is 48.5 Å². The first-order chi connectivity index (χ1) is 11.9. The van der Waals surface area contributed by atoms with Crippen LogP contribution in [-0.2, 0) is 14.8 Å². The third-order valence-electron chi connectivity index (χ3n) is 3.82. The molecule has 1 aliphatic heterocycles. The molecule has 132 valence electrons. The van der Waals surface area contributed by atoms with Crippen LogP contribution in [0.25, 0.3) is 0 Å². The summed E-state index contributed by atoms with van der Waals surface area (Å²) in [5.74, 6) is -0.794. The molecule has 0 fully saturated rings. The molecule has 0 bridgehead atoms. The zero-order valence-electron chi connectivity index (χ0n) is 13.5. The van der Waals surface area contributed by atoms with Crippen molar-refractivity contribution >= 4 is 27.3 Å². The predicted molar refractivity (Wildman–Crippen MR) is 92.7 cm³/mol. The van der Waals surface area contributed by atoms with E-state index in [1.807, 2.05) is 0 Å². The zero-order valence-corrected chi connectivity index (χ0v) is 14.3. The van der Waals surface area contributed by atoms with E-state index in [1.54, 1.807) is 30.3 Å².